The highest BCUT2D eigenvalue weighted by Gasteiger charge is 2.13. The monoisotopic (exact) mass is 418 g/mol. The summed E-state index contributed by atoms with van der Waals surface area (Å²) in [4.78, 5) is 24.3. The molecule has 1 N–H and O–H groups in total. The van der Waals surface area contributed by atoms with E-state index in [0.717, 1.165) is 11.1 Å². The molecule has 0 unspecified atom stereocenters. The van der Waals surface area contributed by atoms with Crippen LogP contribution in [0.1, 0.15) is 21.5 Å². The highest BCUT2D eigenvalue weighted by Crippen LogP contribution is 2.28. The molecule has 0 aliphatic rings. The van der Waals surface area contributed by atoms with Crippen molar-refractivity contribution in [3.05, 3.63) is 89.5 Å². The van der Waals surface area contributed by atoms with Crippen LogP contribution in [0.3, 0.4) is 0 Å². The van der Waals surface area contributed by atoms with E-state index in [1.807, 2.05) is 30.3 Å². The van der Waals surface area contributed by atoms with E-state index in [-0.39, 0.29) is 12.3 Å². The van der Waals surface area contributed by atoms with Gasteiger partial charge in [-0.15, -0.1) is 0 Å². The molecule has 0 atom stereocenters. The average molecular weight is 418 g/mol. The maximum Gasteiger partial charge on any atom is 0.343 e. The van der Waals surface area contributed by atoms with Gasteiger partial charge in [0.2, 0.25) is 5.91 Å². The lowest BCUT2D eigenvalue weighted by Gasteiger charge is -2.09. The Hall–Kier alpha value is -4.13. The van der Waals surface area contributed by atoms with Gasteiger partial charge in [0.25, 0.3) is 0 Å². The Morgan fingerprint density at radius 2 is 1.61 bits per heavy atom. The number of hydrogen-bond acceptors (Lipinski definition) is 6. The lowest BCUT2D eigenvalue weighted by Crippen LogP contribution is -2.19. The highest BCUT2D eigenvalue weighted by molar-refractivity contribution is 5.92. The Morgan fingerprint density at radius 3 is 2.29 bits per heavy atom. The van der Waals surface area contributed by atoms with Crippen molar-refractivity contribution in [2.45, 2.75) is 6.42 Å². The van der Waals surface area contributed by atoms with Crippen LogP contribution in [0.15, 0.2) is 77.9 Å². The summed E-state index contributed by atoms with van der Waals surface area (Å²) in [5.41, 5.74) is 4.48. The van der Waals surface area contributed by atoms with Crippen molar-refractivity contribution in [3.63, 3.8) is 0 Å². The number of nitrogens with one attached hydrogen (secondary N) is 1. The first-order valence-corrected chi connectivity index (χ1v) is 9.49. The number of carbonyl (C=O) groups is 2. The van der Waals surface area contributed by atoms with Gasteiger partial charge >= 0.3 is 5.97 Å². The molecule has 0 spiro atoms. The molecule has 0 aliphatic heterocycles. The van der Waals surface area contributed by atoms with Gasteiger partial charge in [0.15, 0.2) is 11.5 Å². The highest BCUT2D eigenvalue weighted by atomic mass is 16.5. The molecule has 3 aromatic carbocycles. The van der Waals surface area contributed by atoms with Crippen molar-refractivity contribution >= 4 is 18.1 Å². The molecular formula is C24H22N2O5. The Kier molecular flexibility index (Phi) is 7.37. The van der Waals surface area contributed by atoms with Crippen molar-refractivity contribution in [2.75, 3.05) is 14.2 Å². The predicted octanol–water partition coefficient (Wildman–Crippen LogP) is 3.62. The zero-order valence-corrected chi connectivity index (χ0v) is 17.2. The number of methoxy groups -OCH3 is 2. The molecule has 0 heterocycles. The first-order chi connectivity index (χ1) is 15.1. The molecule has 7 heteroatoms. The van der Waals surface area contributed by atoms with Gasteiger partial charge in [-0.2, -0.15) is 5.10 Å². The van der Waals surface area contributed by atoms with E-state index in [4.69, 9.17) is 14.2 Å². The van der Waals surface area contributed by atoms with Gasteiger partial charge in [-0.3, -0.25) is 4.79 Å². The van der Waals surface area contributed by atoms with Gasteiger partial charge in [-0.25, -0.2) is 10.2 Å². The fourth-order valence-corrected chi connectivity index (χ4v) is 2.75. The molecule has 158 valence electrons. The van der Waals surface area contributed by atoms with Gasteiger partial charge in [0.05, 0.1) is 32.4 Å². The summed E-state index contributed by atoms with van der Waals surface area (Å²) in [6.07, 6.45) is 1.77. The number of hydrogen-bond donors (Lipinski definition) is 1. The Balaban J connectivity index is 1.54. The minimum absolute atomic E-state index is 0.206. The van der Waals surface area contributed by atoms with Crippen molar-refractivity contribution in [2.24, 2.45) is 5.10 Å². The van der Waals surface area contributed by atoms with E-state index in [2.05, 4.69) is 10.5 Å². The van der Waals surface area contributed by atoms with Crippen LogP contribution in [0.4, 0.5) is 0 Å². The maximum atomic E-state index is 12.4. The quantitative estimate of drug-likeness (QED) is 0.261. The van der Waals surface area contributed by atoms with Crippen molar-refractivity contribution in [3.8, 4) is 17.2 Å². The summed E-state index contributed by atoms with van der Waals surface area (Å²) in [5.74, 6) is 0.625. The number of carbonyl (C=O) groups excluding carboxylic acids is 2. The van der Waals surface area contributed by atoms with Gasteiger partial charge in [-0.1, -0.05) is 30.3 Å². The number of nitrogens with zero attached hydrogens (tertiary/aromatic N) is 1. The second-order valence-electron chi connectivity index (χ2n) is 6.48. The van der Waals surface area contributed by atoms with Crippen LogP contribution in [-0.2, 0) is 11.2 Å². The lowest BCUT2D eigenvalue weighted by atomic mass is 10.1. The number of esters is 1. The van der Waals surface area contributed by atoms with Crippen LogP contribution >= 0.6 is 0 Å². The number of rotatable bonds is 8. The van der Waals surface area contributed by atoms with E-state index >= 15 is 0 Å². The Labute approximate surface area is 180 Å². The second-order valence-corrected chi connectivity index (χ2v) is 6.48. The molecule has 0 aromatic heterocycles. The Bertz CT molecular complexity index is 1060. The molecule has 0 aliphatic carbocycles. The van der Waals surface area contributed by atoms with Crippen molar-refractivity contribution < 1.29 is 23.8 Å². The summed E-state index contributed by atoms with van der Waals surface area (Å²) in [7, 11) is 3.02. The molecule has 0 saturated carbocycles. The number of amides is 1. The topological polar surface area (TPSA) is 86.2 Å². The SMILES string of the molecule is COc1ccc(C(=O)Oc2ccc(/C=N\NC(=O)Cc3ccccc3)cc2)cc1OC. The number of ether oxygens (including phenoxy) is 3. The molecule has 1 amide bonds. The normalized spacial score (nSPS) is 10.5. The van der Waals surface area contributed by atoms with E-state index in [9.17, 15) is 9.59 Å². The van der Waals surface area contributed by atoms with Crippen LogP contribution in [0, 0.1) is 0 Å². The summed E-state index contributed by atoms with van der Waals surface area (Å²) >= 11 is 0. The van der Waals surface area contributed by atoms with E-state index in [0.29, 0.717) is 22.8 Å². The van der Waals surface area contributed by atoms with Crippen LogP contribution < -0.4 is 19.6 Å². The summed E-state index contributed by atoms with van der Waals surface area (Å²) in [6, 6.07) is 21.0. The van der Waals surface area contributed by atoms with E-state index < -0.39 is 5.97 Å². The van der Waals surface area contributed by atoms with Gasteiger partial charge in [-0.05, 0) is 53.6 Å². The molecule has 0 bridgehead atoms. The summed E-state index contributed by atoms with van der Waals surface area (Å²) < 4.78 is 15.8. The zero-order valence-electron chi connectivity index (χ0n) is 17.2. The molecular weight excluding hydrogens is 396 g/mol. The first kappa shape index (κ1) is 21.6. The molecule has 31 heavy (non-hydrogen) atoms. The van der Waals surface area contributed by atoms with Crippen molar-refractivity contribution in [1.29, 1.82) is 0 Å². The molecule has 0 fully saturated rings. The van der Waals surface area contributed by atoms with Crippen LogP contribution in [0.25, 0.3) is 0 Å². The second kappa shape index (κ2) is 10.6. The Morgan fingerprint density at radius 1 is 0.903 bits per heavy atom. The van der Waals surface area contributed by atoms with Gasteiger partial charge in [0, 0.05) is 0 Å². The van der Waals surface area contributed by atoms with Gasteiger partial charge < -0.3 is 14.2 Å². The van der Waals surface area contributed by atoms with E-state index in [1.165, 1.54) is 20.4 Å². The first-order valence-electron chi connectivity index (χ1n) is 9.49. The molecule has 0 saturated heterocycles. The standard InChI is InChI=1S/C24H22N2O5/c1-29-21-13-10-19(15-22(21)30-2)24(28)31-20-11-8-18(9-12-20)16-25-26-23(27)14-17-6-4-3-5-7-17/h3-13,15-16H,14H2,1-2H3,(H,26,27)/b25-16-. The third-order valence-electron chi connectivity index (χ3n) is 4.32. The zero-order chi connectivity index (χ0) is 22.1. The number of benzene rings is 3. The maximum absolute atomic E-state index is 12.4. The third-order valence-corrected chi connectivity index (χ3v) is 4.32. The smallest absolute Gasteiger partial charge is 0.343 e. The minimum Gasteiger partial charge on any atom is -0.493 e. The van der Waals surface area contributed by atoms with Crippen LogP contribution in [0.5, 0.6) is 17.2 Å². The molecule has 0 radical (unpaired) electrons. The van der Waals surface area contributed by atoms with E-state index in [1.54, 1.807) is 42.5 Å². The number of hydrazone groups is 1. The van der Waals surface area contributed by atoms with Crippen LogP contribution in [0.2, 0.25) is 0 Å². The average Bonchev–Trinajstić information content (AvgIpc) is 2.80. The molecule has 7 nitrogen and oxygen atoms in total. The van der Waals surface area contributed by atoms with Gasteiger partial charge in [0.1, 0.15) is 5.75 Å². The third kappa shape index (κ3) is 6.17. The predicted molar refractivity (Wildman–Crippen MR) is 117 cm³/mol. The summed E-state index contributed by atoms with van der Waals surface area (Å²) in [5, 5.41) is 3.95. The summed E-state index contributed by atoms with van der Waals surface area (Å²) in [6.45, 7) is 0. The van der Waals surface area contributed by atoms with Crippen LogP contribution in [-0.4, -0.2) is 32.3 Å². The molecule has 3 aromatic rings. The minimum atomic E-state index is -0.518. The fourth-order valence-electron chi connectivity index (χ4n) is 2.75. The molecule has 3 rings (SSSR count). The van der Waals surface area contributed by atoms with Crippen molar-refractivity contribution in [1.82, 2.24) is 5.43 Å². The largest absolute Gasteiger partial charge is 0.493 e. The fraction of sp³-hybridized carbons (Fsp3) is 0.125. The lowest BCUT2D eigenvalue weighted by molar-refractivity contribution is -0.120.